The molecule has 0 saturated carbocycles. The minimum absolute atomic E-state index is 0.541. The van der Waals surface area contributed by atoms with Crippen LogP contribution >= 0.6 is 0 Å². The van der Waals surface area contributed by atoms with E-state index in [4.69, 9.17) is 0 Å². The summed E-state index contributed by atoms with van der Waals surface area (Å²) in [4.78, 5) is 4.50. The standard InChI is InChI=1S/C13H17N3/c1-9-13-8-11(12-4-3-6-14-12)5-7-16(13)10(2)15-9/h5,7-8,12,14H,3-4,6H2,1-2H3. The largest absolute Gasteiger partial charge is 0.310 e. The molecule has 1 unspecified atom stereocenters. The van der Waals surface area contributed by atoms with Crippen LogP contribution in [-0.4, -0.2) is 15.9 Å². The van der Waals surface area contributed by atoms with Gasteiger partial charge in [0.15, 0.2) is 0 Å². The fourth-order valence-corrected chi connectivity index (χ4v) is 2.62. The number of hydrogen-bond donors (Lipinski definition) is 1. The Morgan fingerprint density at radius 3 is 3.06 bits per heavy atom. The maximum Gasteiger partial charge on any atom is 0.110 e. The third kappa shape index (κ3) is 1.43. The lowest BCUT2D eigenvalue weighted by molar-refractivity contribution is 0.647. The predicted molar refractivity (Wildman–Crippen MR) is 64.6 cm³/mol. The molecule has 3 heterocycles. The van der Waals surface area contributed by atoms with Crippen LogP contribution in [0.3, 0.4) is 0 Å². The van der Waals surface area contributed by atoms with Crippen LogP contribution in [0.5, 0.6) is 0 Å². The summed E-state index contributed by atoms with van der Waals surface area (Å²) in [6, 6.07) is 5.03. The van der Waals surface area contributed by atoms with E-state index in [1.54, 1.807) is 0 Å². The summed E-state index contributed by atoms with van der Waals surface area (Å²) in [5.41, 5.74) is 3.76. The first-order valence-corrected chi connectivity index (χ1v) is 5.94. The number of rotatable bonds is 1. The molecule has 1 atom stereocenters. The Bertz CT molecular complexity index is 521. The Balaban J connectivity index is 2.11. The summed E-state index contributed by atoms with van der Waals surface area (Å²) in [7, 11) is 0. The molecule has 1 aliphatic rings. The molecule has 3 nitrogen and oxygen atoms in total. The molecule has 2 aromatic heterocycles. The van der Waals surface area contributed by atoms with Gasteiger partial charge in [-0.25, -0.2) is 4.98 Å². The van der Waals surface area contributed by atoms with Crippen molar-refractivity contribution in [3.8, 4) is 0 Å². The molecule has 1 fully saturated rings. The summed E-state index contributed by atoms with van der Waals surface area (Å²) in [6.07, 6.45) is 4.68. The zero-order chi connectivity index (χ0) is 11.1. The lowest BCUT2D eigenvalue weighted by Crippen LogP contribution is -2.12. The van der Waals surface area contributed by atoms with Crippen molar-refractivity contribution in [3.63, 3.8) is 0 Å². The average Bonchev–Trinajstić information content (AvgIpc) is 2.88. The highest BCUT2D eigenvalue weighted by atomic mass is 15.0. The van der Waals surface area contributed by atoms with Crippen LogP contribution in [0.15, 0.2) is 18.3 Å². The Hall–Kier alpha value is -1.35. The minimum atomic E-state index is 0.541. The number of imidazole rings is 1. The molecule has 2 aromatic rings. The van der Waals surface area contributed by atoms with Gasteiger partial charge in [0, 0.05) is 12.2 Å². The van der Waals surface area contributed by atoms with E-state index < -0.39 is 0 Å². The van der Waals surface area contributed by atoms with E-state index in [1.165, 1.54) is 23.9 Å². The lowest BCUT2D eigenvalue weighted by atomic mass is 10.1. The molecular formula is C13H17N3. The van der Waals surface area contributed by atoms with Crippen molar-refractivity contribution in [1.29, 1.82) is 0 Å². The van der Waals surface area contributed by atoms with Gasteiger partial charge in [-0.05, 0) is 50.9 Å². The first kappa shape index (κ1) is 9.85. The first-order valence-electron chi connectivity index (χ1n) is 5.94. The van der Waals surface area contributed by atoms with Crippen LogP contribution in [0.1, 0.15) is 36.0 Å². The van der Waals surface area contributed by atoms with Crippen molar-refractivity contribution in [3.05, 3.63) is 35.4 Å². The molecule has 0 bridgehead atoms. The molecule has 0 aliphatic carbocycles. The van der Waals surface area contributed by atoms with Crippen molar-refractivity contribution in [2.24, 2.45) is 0 Å². The molecule has 0 radical (unpaired) electrons. The third-order valence-corrected chi connectivity index (χ3v) is 3.49. The first-order chi connectivity index (χ1) is 7.75. The second kappa shape index (κ2) is 3.59. The number of aromatic nitrogens is 2. The second-order valence-electron chi connectivity index (χ2n) is 4.61. The van der Waals surface area contributed by atoms with E-state index in [-0.39, 0.29) is 0 Å². The summed E-state index contributed by atoms with van der Waals surface area (Å²) < 4.78 is 2.16. The Labute approximate surface area is 95.5 Å². The van der Waals surface area contributed by atoms with Gasteiger partial charge in [0.2, 0.25) is 0 Å². The van der Waals surface area contributed by atoms with Crippen LogP contribution in [0.4, 0.5) is 0 Å². The normalized spacial score (nSPS) is 20.8. The molecule has 0 aromatic carbocycles. The molecule has 0 spiro atoms. The fourth-order valence-electron chi connectivity index (χ4n) is 2.62. The quantitative estimate of drug-likeness (QED) is 0.791. The molecule has 3 heteroatoms. The summed E-state index contributed by atoms with van der Waals surface area (Å²) in [6.45, 7) is 5.27. The maximum atomic E-state index is 4.50. The van der Waals surface area contributed by atoms with Gasteiger partial charge in [-0.1, -0.05) is 0 Å². The summed E-state index contributed by atoms with van der Waals surface area (Å²) in [5, 5.41) is 3.53. The van der Waals surface area contributed by atoms with Crippen LogP contribution in [0.2, 0.25) is 0 Å². The second-order valence-corrected chi connectivity index (χ2v) is 4.61. The highest BCUT2D eigenvalue weighted by Gasteiger charge is 2.17. The SMILES string of the molecule is Cc1nc(C)n2ccc(C3CCCN3)cc12. The smallest absolute Gasteiger partial charge is 0.110 e. The monoisotopic (exact) mass is 215 g/mol. The number of aryl methyl sites for hydroxylation is 2. The maximum absolute atomic E-state index is 4.50. The van der Waals surface area contributed by atoms with Crippen LogP contribution in [-0.2, 0) is 0 Å². The van der Waals surface area contributed by atoms with E-state index in [0.717, 1.165) is 18.1 Å². The minimum Gasteiger partial charge on any atom is -0.310 e. The van der Waals surface area contributed by atoms with E-state index in [2.05, 4.69) is 40.0 Å². The fraction of sp³-hybridized carbons (Fsp3) is 0.462. The molecule has 1 aliphatic heterocycles. The van der Waals surface area contributed by atoms with Gasteiger partial charge in [0.25, 0.3) is 0 Å². The van der Waals surface area contributed by atoms with Crippen molar-refractivity contribution in [2.75, 3.05) is 6.54 Å². The van der Waals surface area contributed by atoms with Gasteiger partial charge in [-0.3, -0.25) is 0 Å². The van der Waals surface area contributed by atoms with Gasteiger partial charge < -0.3 is 9.72 Å². The highest BCUT2D eigenvalue weighted by Crippen LogP contribution is 2.25. The molecule has 1 saturated heterocycles. The molecule has 3 rings (SSSR count). The number of fused-ring (bicyclic) bond motifs is 1. The topological polar surface area (TPSA) is 29.3 Å². The van der Waals surface area contributed by atoms with Crippen LogP contribution in [0, 0.1) is 13.8 Å². The third-order valence-electron chi connectivity index (χ3n) is 3.49. The molecule has 0 amide bonds. The number of nitrogens with one attached hydrogen (secondary N) is 1. The summed E-state index contributed by atoms with van der Waals surface area (Å²) >= 11 is 0. The van der Waals surface area contributed by atoms with Crippen LogP contribution < -0.4 is 5.32 Å². The van der Waals surface area contributed by atoms with E-state index >= 15 is 0 Å². The van der Waals surface area contributed by atoms with Gasteiger partial charge in [0.1, 0.15) is 5.82 Å². The average molecular weight is 215 g/mol. The predicted octanol–water partition coefficient (Wildman–Crippen LogP) is 2.38. The van der Waals surface area contributed by atoms with Gasteiger partial charge >= 0.3 is 0 Å². The van der Waals surface area contributed by atoms with Crippen LogP contribution in [0.25, 0.3) is 5.52 Å². The molecular weight excluding hydrogens is 198 g/mol. The molecule has 16 heavy (non-hydrogen) atoms. The number of hydrogen-bond acceptors (Lipinski definition) is 2. The van der Waals surface area contributed by atoms with Crippen molar-refractivity contribution < 1.29 is 0 Å². The zero-order valence-electron chi connectivity index (χ0n) is 9.83. The van der Waals surface area contributed by atoms with Crippen molar-refractivity contribution in [2.45, 2.75) is 32.7 Å². The number of pyridine rings is 1. The van der Waals surface area contributed by atoms with Gasteiger partial charge in [0.05, 0.1) is 11.2 Å². The zero-order valence-corrected chi connectivity index (χ0v) is 9.83. The van der Waals surface area contributed by atoms with E-state index in [9.17, 15) is 0 Å². The molecule has 84 valence electrons. The number of nitrogens with zero attached hydrogens (tertiary/aromatic N) is 2. The summed E-state index contributed by atoms with van der Waals surface area (Å²) in [5.74, 6) is 1.07. The Morgan fingerprint density at radius 1 is 1.44 bits per heavy atom. The van der Waals surface area contributed by atoms with Gasteiger partial charge in [-0.2, -0.15) is 0 Å². The Morgan fingerprint density at radius 2 is 2.31 bits per heavy atom. The van der Waals surface area contributed by atoms with Crippen molar-refractivity contribution >= 4 is 5.52 Å². The lowest BCUT2D eigenvalue weighted by Gasteiger charge is -2.11. The van der Waals surface area contributed by atoms with E-state index in [1.807, 2.05) is 6.92 Å². The highest BCUT2D eigenvalue weighted by molar-refractivity contribution is 5.54. The van der Waals surface area contributed by atoms with Crippen molar-refractivity contribution in [1.82, 2.24) is 14.7 Å². The van der Waals surface area contributed by atoms with E-state index in [0.29, 0.717) is 6.04 Å². The Kier molecular flexibility index (Phi) is 2.21. The molecule has 1 N–H and O–H groups in total. The van der Waals surface area contributed by atoms with Gasteiger partial charge in [-0.15, -0.1) is 0 Å².